The molecule has 0 aromatic heterocycles. The smallest absolute Gasteiger partial charge is 0.329 e. The third-order valence-corrected chi connectivity index (χ3v) is 18.3. The van der Waals surface area contributed by atoms with Crippen LogP contribution in [-0.4, -0.2) is 268 Å². The Bertz CT molecular complexity index is 2550. The van der Waals surface area contributed by atoms with Crippen molar-refractivity contribution in [1.29, 1.82) is 0 Å². The summed E-state index contributed by atoms with van der Waals surface area (Å²) >= 11 is 0. The molecule has 2 fully saturated rings. The van der Waals surface area contributed by atoms with Gasteiger partial charge in [0.2, 0.25) is 47.3 Å². The average Bonchev–Trinajstić information content (AvgIpc) is 0.810. The number of nitrogens with zero attached hydrogens (tertiary/aromatic N) is 7. The molecule has 2 heterocycles. The normalized spacial score (nSPS) is 27.8. The molecule has 1 unspecified atom stereocenters. The first-order valence-electron chi connectivity index (χ1n) is 34.7. The van der Waals surface area contributed by atoms with E-state index in [1.54, 1.807) is 41.7 Å². The van der Waals surface area contributed by atoms with Gasteiger partial charge in [-0.1, -0.05) is 110 Å². The van der Waals surface area contributed by atoms with E-state index >= 15 is 14.4 Å². The summed E-state index contributed by atoms with van der Waals surface area (Å²) in [4.78, 5) is 171. The van der Waals surface area contributed by atoms with Gasteiger partial charge in [0, 0.05) is 41.3 Å². The van der Waals surface area contributed by atoms with Gasteiger partial charge in [-0.2, -0.15) is 0 Å². The van der Waals surface area contributed by atoms with Gasteiger partial charge in [-0.3, -0.25) is 57.7 Å². The van der Waals surface area contributed by atoms with Crippen molar-refractivity contribution in [3.8, 4) is 0 Å². The highest BCUT2D eigenvalue weighted by molar-refractivity contribution is 5.99. The molecule has 26 nitrogen and oxygen atoms in total. The van der Waals surface area contributed by atoms with Crippen molar-refractivity contribution in [2.45, 2.75) is 254 Å². The predicted molar refractivity (Wildman–Crippen MR) is 363 cm³/mol. The van der Waals surface area contributed by atoms with Crippen molar-refractivity contribution in [3.05, 3.63) is 0 Å². The predicted octanol–water partition coefficient (Wildman–Crippen LogP) is 2.66. The summed E-state index contributed by atoms with van der Waals surface area (Å²) in [5.41, 5.74) is 0. The molecule has 0 spiro atoms. The van der Waals surface area contributed by atoms with Gasteiger partial charge in [-0.25, -0.2) is 4.79 Å². The highest BCUT2D eigenvalue weighted by Gasteiger charge is 2.46. The summed E-state index contributed by atoms with van der Waals surface area (Å²) in [5, 5.41) is 45.1. The molecule has 0 aliphatic carbocycles. The van der Waals surface area contributed by atoms with Crippen molar-refractivity contribution in [1.82, 2.24) is 55.6 Å². The molecule has 9 amide bonds. The molecular weight excluding hydrogens is 1220 g/mol. The van der Waals surface area contributed by atoms with Gasteiger partial charge in [0.1, 0.15) is 48.3 Å². The van der Waals surface area contributed by atoms with Crippen molar-refractivity contribution < 1.29 is 72.8 Å². The lowest BCUT2D eigenvalue weighted by Crippen LogP contribution is -2.64. The number of rotatable bonds is 19. The van der Waals surface area contributed by atoms with Crippen LogP contribution in [0.25, 0.3) is 0 Å². The lowest BCUT2D eigenvalue weighted by Gasteiger charge is -2.41. The minimum atomic E-state index is -1.76. The number of esters is 1. The zero-order chi connectivity index (χ0) is 73.0. The van der Waals surface area contributed by atoms with Crippen LogP contribution in [0.5, 0.6) is 0 Å². The maximum atomic E-state index is 15.4. The second-order valence-electron chi connectivity index (χ2n) is 30.1. The number of carbonyl (C=O) groups excluding carboxylic acids is 11. The van der Waals surface area contributed by atoms with Crippen LogP contribution in [0.15, 0.2) is 0 Å². The molecule has 7 N–H and O–H groups in total. The number of Topliss-reactive ketones (excluding diaryl/α,β-unsaturated/α-hetero) is 1. The van der Waals surface area contributed by atoms with Crippen LogP contribution < -0.4 is 21.3 Å². The molecule has 546 valence electrons. The second kappa shape index (κ2) is 39.5. The zero-order valence-corrected chi connectivity index (χ0v) is 61.9. The maximum absolute atomic E-state index is 15.4. The lowest BCUT2D eigenvalue weighted by atomic mass is 9.90. The quantitative estimate of drug-likeness (QED) is 0.0914. The number of hydrogen-bond donors (Lipinski definition) is 7. The molecule has 14 atom stereocenters. The van der Waals surface area contributed by atoms with Gasteiger partial charge in [-0.05, 0) is 133 Å². The molecule has 0 aromatic rings. The minimum Gasteiger partial charge on any atom is -0.450 e. The standard InChI is InChI=1S/C69H125N11O15/c1-38(2)30-50-64(89)76(20)53(33-41(7)8)61(86)70-46(16)69(94)95-59(44(13)14)68(93)77(21)54(34-42(9)10)62(87)72-51(31-39(3)4)65(90)78(22)56(43(11)12)67(92)79(23)57(58(84)45(15)27-29-80-28-25-24-26-48(80)37-81)63(88)73-55(47(17)82)66(91)75(19)36-49(83)35-74(18)52(32-40(5)6)60(85)71-50/h38-48,50-59,81-82,84H,24-37H2,1-23H3,(H,70,86)(H,71,85)(H,72,87)(H,73,88)/t45-,46-,47-,48?,50-,51-,52+,53-,54-,55-,56-,57-,58-,59+/m1/s1. The van der Waals surface area contributed by atoms with Crippen LogP contribution in [0.3, 0.4) is 0 Å². The van der Waals surface area contributed by atoms with Crippen LogP contribution in [0.4, 0.5) is 0 Å². The number of piperidine rings is 1. The molecule has 26 heteroatoms. The van der Waals surface area contributed by atoms with Gasteiger partial charge in [-0.15, -0.1) is 0 Å². The Labute approximate surface area is 567 Å². The Morgan fingerprint density at radius 3 is 1.41 bits per heavy atom. The molecule has 0 bridgehead atoms. The molecule has 2 aliphatic heterocycles. The number of aliphatic hydroxyl groups excluding tert-OH is 3. The van der Waals surface area contributed by atoms with Gasteiger partial charge in [0.05, 0.1) is 37.9 Å². The third-order valence-electron chi connectivity index (χ3n) is 18.3. The van der Waals surface area contributed by atoms with Crippen LogP contribution in [0.1, 0.15) is 175 Å². The van der Waals surface area contributed by atoms with Crippen LogP contribution >= 0.6 is 0 Å². The summed E-state index contributed by atoms with van der Waals surface area (Å²) in [6, 6.07) is -12.1. The molecular formula is C69H125N11O15. The lowest BCUT2D eigenvalue weighted by molar-refractivity contribution is -0.166. The summed E-state index contributed by atoms with van der Waals surface area (Å²) in [6.45, 7) is 29.8. The molecule has 2 rings (SSSR count). The first-order valence-corrected chi connectivity index (χ1v) is 34.7. The van der Waals surface area contributed by atoms with Crippen LogP contribution in [-0.2, 0) is 57.5 Å². The Balaban J connectivity index is 3.01. The Morgan fingerprint density at radius 1 is 0.495 bits per heavy atom. The van der Waals surface area contributed by atoms with E-state index in [-0.39, 0.29) is 80.9 Å². The highest BCUT2D eigenvalue weighted by atomic mass is 16.6. The Hall–Kier alpha value is -5.83. The summed E-state index contributed by atoms with van der Waals surface area (Å²) in [6.07, 6.45) is -1.09. The van der Waals surface area contributed by atoms with Gasteiger partial charge < -0.3 is 65.8 Å². The number of nitrogens with one attached hydrogen (secondary N) is 4. The second-order valence-corrected chi connectivity index (χ2v) is 30.1. The van der Waals surface area contributed by atoms with Gasteiger partial charge in [0.25, 0.3) is 5.91 Å². The zero-order valence-electron chi connectivity index (χ0n) is 61.9. The number of amides is 9. The number of ketones is 1. The van der Waals surface area contributed by atoms with E-state index in [1.165, 1.54) is 68.7 Å². The summed E-state index contributed by atoms with van der Waals surface area (Å²) in [7, 11) is 8.39. The van der Waals surface area contributed by atoms with Crippen LogP contribution in [0.2, 0.25) is 0 Å². The van der Waals surface area contributed by atoms with E-state index in [9.17, 15) is 53.7 Å². The van der Waals surface area contributed by atoms with E-state index in [0.29, 0.717) is 19.5 Å². The minimum absolute atomic E-state index is 0.0692. The van der Waals surface area contributed by atoms with Crippen molar-refractivity contribution >= 4 is 64.9 Å². The molecule has 0 saturated carbocycles. The summed E-state index contributed by atoms with van der Waals surface area (Å²) in [5.74, 6) is -11.1. The molecule has 2 aliphatic rings. The number of cyclic esters (lactones) is 1. The topological polar surface area (TPSA) is 328 Å². The molecule has 2 saturated heterocycles. The van der Waals surface area contributed by atoms with Crippen molar-refractivity contribution in [2.75, 3.05) is 75.1 Å². The number of hydrogen-bond acceptors (Lipinski definition) is 17. The number of carbonyl (C=O) groups is 11. The van der Waals surface area contributed by atoms with E-state index in [1.807, 2.05) is 69.2 Å². The number of likely N-dealkylation sites (N-methyl/N-ethyl adjacent to an activating group) is 6. The maximum Gasteiger partial charge on any atom is 0.329 e. The fraction of sp³-hybridized carbons (Fsp3) is 0.841. The largest absolute Gasteiger partial charge is 0.450 e. The van der Waals surface area contributed by atoms with Crippen LogP contribution in [0, 0.1) is 47.3 Å². The van der Waals surface area contributed by atoms with Crippen molar-refractivity contribution in [3.63, 3.8) is 0 Å². The first kappa shape index (κ1) is 85.3. The van der Waals surface area contributed by atoms with E-state index in [4.69, 9.17) is 4.74 Å². The Morgan fingerprint density at radius 2 is 0.947 bits per heavy atom. The van der Waals surface area contributed by atoms with Gasteiger partial charge in [0.15, 0.2) is 11.9 Å². The Kier molecular flexibility index (Phi) is 35.5. The first-order chi connectivity index (χ1) is 44.0. The number of ether oxygens (including phenoxy) is 1. The highest BCUT2D eigenvalue weighted by Crippen LogP contribution is 2.26. The monoisotopic (exact) mass is 1350 g/mol. The number of likely N-dealkylation sites (tertiary alicyclic amines) is 1. The molecule has 0 aromatic carbocycles. The SMILES string of the molecule is CC(C)C[C@@H]1C(=O)N[C@H](CC(C)C)C(=O)N(C)[C@H](C(C)C)C(=O)N(C)[C@H]([C@H](O)[C@H](C)CCN2CCCCC2CO)C(=O)N[C@H]([C@@H](C)O)C(=O)N(C)CC(=O)CN(C)[C@@H](CC(C)C)C(=O)N[C@H](CC(C)C)C(=O)N(C)[C@H](CC(C)C)C(=O)N[C@H](C)C(=O)O[C@@H](C(C)C)C(=O)N1C. The average molecular weight is 1350 g/mol. The number of aliphatic hydroxyl groups is 3. The fourth-order valence-corrected chi connectivity index (χ4v) is 12.7. The summed E-state index contributed by atoms with van der Waals surface area (Å²) < 4.78 is 5.92. The molecule has 95 heavy (non-hydrogen) atoms. The van der Waals surface area contributed by atoms with E-state index in [0.717, 1.165) is 29.1 Å². The van der Waals surface area contributed by atoms with Crippen molar-refractivity contribution in [2.24, 2.45) is 47.3 Å². The molecule has 0 radical (unpaired) electrons. The third kappa shape index (κ3) is 25.5. The fourth-order valence-electron chi connectivity index (χ4n) is 12.7. The van der Waals surface area contributed by atoms with E-state index < -0.39 is 162 Å². The van der Waals surface area contributed by atoms with Gasteiger partial charge >= 0.3 is 5.97 Å². The van der Waals surface area contributed by atoms with E-state index in [2.05, 4.69) is 26.2 Å².